The maximum Gasteiger partial charge on any atom is 0.256 e. The van der Waals surface area contributed by atoms with Crippen LogP contribution in [0.4, 0.5) is 5.69 Å². The second-order valence-corrected chi connectivity index (χ2v) is 6.34. The maximum atomic E-state index is 12.6. The summed E-state index contributed by atoms with van der Waals surface area (Å²) in [6.07, 6.45) is 0. The molecule has 0 unspecified atom stereocenters. The second kappa shape index (κ2) is 7.81. The number of carbonyl (C=O) groups is 1. The van der Waals surface area contributed by atoms with Gasteiger partial charge >= 0.3 is 0 Å². The Morgan fingerprint density at radius 3 is 2.46 bits per heavy atom. The molecule has 1 amide bonds. The lowest BCUT2D eigenvalue weighted by Gasteiger charge is -2.10. The molecule has 0 saturated carbocycles. The third kappa shape index (κ3) is 4.04. The van der Waals surface area contributed by atoms with Gasteiger partial charge in [-0.2, -0.15) is 0 Å². The van der Waals surface area contributed by atoms with Gasteiger partial charge in [0, 0.05) is 15.5 Å². The molecule has 2 N–H and O–H groups in total. The van der Waals surface area contributed by atoms with Crippen LogP contribution in [0.1, 0.15) is 15.9 Å². The Kier molecular flexibility index (Phi) is 5.31. The van der Waals surface area contributed by atoms with Gasteiger partial charge in [0.05, 0.1) is 12.2 Å². The normalized spacial score (nSPS) is 10.4. The average Bonchev–Trinajstić information content (AvgIpc) is 2.63. The quantitative estimate of drug-likeness (QED) is 0.717. The minimum atomic E-state index is -0.163. The Hall–Kier alpha value is -2.56. The summed E-state index contributed by atoms with van der Waals surface area (Å²) >= 11 is 1.56. The molecule has 0 spiro atoms. The molecule has 0 saturated heterocycles. The Morgan fingerprint density at radius 2 is 1.67 bits per heavy atom. The fourth-order valence-electron chi connectivity index (χ4n) is 2.30. The van der Waals surface area contributed by atoms with Crippen LogP contribution in [0.3, 0.4) is 0 Å². The monoisotopic (exact) mass is 335 g/mol. The Morgan fingerprint density at radius 1 is 0.917 bits per heavy atom. The van der Waals surface area contributed by atoms with E-state index in [0.717, 1.165) is 15.4 Å². The van der Waals surface area contributed by atoms with Crippen molar-refractivity contribution in [1.29, 1.82) is 0 Å². The third-order valence-corrected chi connectivity index (χ3v) is 4.55. The lowest BCUT2D eigenvalue weighted by Crippen LogP contribution is -2.13. The van der Waals surface area contributed by atoms with E-state index in [1.807, 2.05) is 72.8 Å². The fourth-order valence-corrected chi connectivity index (χ4v) is 3.27. The van der Waals surface area contributed by atoms with E-state index in [1.54, 1.807) is 17.8 Å². The van der Waals surface area contributed by atoms with E-state index in [2.05, 4.69) is 5.32 Å². The summed E-state index contributed by atoms with van der Waals surface area (Å²) in [6, 6.07) is 24.7. The molecule has 120 valence electrons. The second-order valence-electron chi connectivity index (χ2n) is 5.22. The van der Waals surface area contributed by atoms with Crippen LogP contribution in [-0.4, -0.2) is 11.0 Å². The van der Waals surface area contributed by atoms with E-state index in [9.17, 15) is 9.90 Å². The molecule has 0 aliphatic heterocycles. The first-order chi connectivity index (χ1) is 11.8. The van der Waals surface area contributed by atoms with E-state index in [4.69, 9.17) is 0 Å². The molecule has 3 aromatic carbocycles. The standard InChI is InChI=1S/C20H17NO2S/c22-14-15-7-6-8-16(13-15)21-20(23)18-11-4-5-12-19(18)24-17-9-2-1-3-10-17/h1-13,22H,14H2,(H,21,23). The molecule has 0 aliphatic carbocycles. The van der Waals surface area contributed by atoms with Crippen LogP contribution < -0.4 is 5.32 Å². The number of anilines is 1. The van der Waals surface area contributed by atoms with Crippen LogP contribution in [0.5, 0.6) is 0 Å². The summed E-state index contributed by atoms with van der Waals surface area (Å²) in [7, 11) is 0. The van der Waals surface area contributed by atoms with Gasteiger partial charge in [-0.05, 0) is 42.0 Å². The van der Waals surface area contributed by atoms with Gasteiger partial charge in [-0.3, -0.25) is 4.79 Å². The van der Waals surface area contributed by atoms with E-state index >= 15 is 0 Å². The number of aliphatic hydroxyl groups is 1. The van der Waals surface area contributed by atoms with Crippen molar-refractivity contribution in [3.8, 4) is 0 Å². The first-order valence-corrected chi connectivity index (χ1v) is 8.41. The Bertz CT molecular complexity index is 834. The van der Waals surface area contributed by atoms with Crippen LogP contribution in [0, 0.1) is 0 Å². The van der Waals surface area contributed by atoms with E-state index < -0.39 is 0 Å². The van der Waals surface area contributed by atoms with Gasteiger partial charge in [-0.1, -0.05) is 54.2 Å². The highest BCUT2D eigenvalue weighted by atomic mass is 32.2. The smallest absolute Gasteiger partial charge is 0.256 e. The Balaban J connectivity index is 1.82. The van der Waals surface area contributed by atoms with Crippen molar-refractivity contribution in [2.75, 3.05) is 5.32 Å². The van der Waals surface area contributed by atoms with Gasteiger partial charge in [0.25, 0.3) is 5.91 Å². The maximum absolute atomic E-state index is 12.6. The molecule has 0 radical (unpaired) electrons. The lowest BCUT2D eigenvalue weighted by atomic mass is 10.2. The molecular formula is C20H17NO2S. The molecule has 0 bridgehead atoms. The number of carbonyl (C=O) groups excluding carboxylic acids is 1. The highest BCUT2D eigenvalue weighted by Gasteiger charge is 2.12. The first kappa shape index (κ1) is 16.3. The zero-order valence-electron chi connectivity index (χ0n) is 13.0. The zero-order valence-corrected chi connectivity index (χ0v) is 13.8. The molecule has 4 heteroatoms. The topological polar surface area (TPSA) is 49.3 Å². The molecule has 0 fully saturated rings. The number of amides is 1. The number of hydrogen-bond donors (Lipinski definition) is 2. The van der Waals surface area contributed by atoms with Crippen molar-refractivity contribution in [3.05, 3.63) is 90.0 Å². The van der Waals surface area contributed by atoms with Crippen LogP contribution >= 0.6 is 11.8 Å². The SMILES string of the molecule is O=C(Nc1cccc(CO)c1)c1ccccc1Sc1ccccc1. The summed E-state index contributed by atoms with van der Waals surface area (Å²) in [5.74, 6) is -0.163. The summed E-state index contributed by atoms with van der Waals surface area (Å²) in [5.41, 5.74) is 2.06. The van der Waals surface area contributed by atoms with Crippen molar-refractivity contribution in [1.82, 2.24) is 0 Å². The molecule has 3 aromatic rings. The number of nitrogens with one attached hydrogen (secondary N) is 1. The predicted octanol–water partition coefficient (Wildman–Crippen LogP) is 4.58. The van der Waals surface area contributed by atoms with Crippen LogP contribution in [0.2, 0.25) is 0 Å². The van der Waals surface area contributed by atoms with Gasteiger partial charge in [-0.15, -0.1) is 0 Å². The molecule has 0 heterocycles. The van der Waals surface area contributed by atoms with Gasteiger partial charge in [0.1, 0.15) is 0 Å². The van der Waals surface area contributed by atoms with Crippen molar-refractivity contribution in [2.45, 2.75) is 16.4 Å². The zero-order chi connectivity index (χ0) is 16.8. The highest BCUT2D eigenvalue weighted by molar-refractivity contribution is 7.99. The number of aliphatic hydroxyl groups excluding tert-OH is 1. The summed E-state index contributed by atoms with van der Waals surface area (Å²) in [5, 5.41) is 12.1. The average molecular weight is 335 g/mol. The van der Waals surface area contributed by atoms with Gasteiger partial charge in [-0.25, -0.2) is 0 Å². The largest absolute Gasteiger partial charge is 0.392 e. The van der Waals surface area contributed by atoms with Crippen LogP contribution in [0.25, 0.3) is 0 Å². The van der Waals surface area contributed by atoms with Crippen molar-refractivity contribution in [3.63, 3.8) is 0 Å². The number of rotatable bonds is 5. The summed E-state index contributed by atoms with van der Waals surface area (Å²) in [4.78, 5) is 14.6. The molecule has 3 rings (SSSR count). The van der Waals surface area contributed by atoms with Gasteiger partial charge in [0.2, 0.25) is 0 Å². The predicted molar refractivity (Wildman–Crippen MR) is 97.3 cm³/mol. The van der Waals surface area contributed by atoms with Gasteiger partial charge in [0.15, 0.2) is 0 Å². The molecule has 0 atom stereocenters. The van der Waals surface area contributed by atoms with Gasteiger partial charge < -0.3 is 10.4 Å². The molecule has 24 heavy (non-hydrogen) atoms. The molecule has 0 aromatic heterocycles. The number of hydrogen-bond acceptors (Lipinski definition) is 3. The summed E-state index contributed by atoms with van der Waals surface area (Å²) < 4.78 is 0. The van der Waals surface area contributed by atoms with Crippen LogP contribution in [0.15, 0.2) is 88.7 Å². The van der Waals surface area contributed by atoms with Crippen molar-refractivity contribution >= 4 is 23.4 Å². The molecule has 0 aliphatic rings. The van der Waals surface area contributed by atoms with E-state index in [1.165, 1.54) is 0 Å². The summed E-state index contributed by atoms with van der Waals surface area (Å²) in [6.45, 7) is -0.0514. The van der Waals surface area contributed by atoms with Crippen LogP contribution in [-0.2, 0) is 6.61 Å². The van der Waals surface area contributed by atoms with E-state index in [-0.39, 0.29) is 12.5 Å². The first-order valence-electron chi connectivity index (χ1n) is 7.59. The number of benzene rings is 3. The highest BCUT2D eigenvalue weighted by Crippen LogP contribution is 2.30. The van der Waals surface area contributed by atoms with Crippen molar-refractivity contribution in [2.24, 2.45) is 0 Å². The minimum absolute atomic E-state index is 0.0514. The minimum Gasteiger partial charge on any atom is -0.392 e. The molecular weight excluding hydrogens is 318 g/mol. The third-order valence-electron chi connectivity index (χ3n) is 3.47. The van der Waals surface area contributed by atoms with E-state index in [0.29, 0.717) is 11.3 Å². The van der Waals surface area contributed by atoms with Crippen molar-refractivity contribution < 1.29 is 9.90 Å². The molecule has 3 nitrogen and oxygen atoms in total. The lowest BCUT2D eigenvalue weighted by molar-refractivity contribution is 0.102. The fraction of sp³-hybridized carbons (Fsp3) is 0.0500. The Labute approximate surface area is 145 Å².